The number of carbonyl (C=O) groups is 1. The quantitative estimate of drug-likeness (QED) is 0.381. The molecule has 1 fully saturated rings. The Morgan fingerprint density at radius 3 is 2.81 bits per heavy atom. The molecule has 3 heterocycles. The van der Waals surface area contributed by atoms with E-state index in [1.165, 1.54) is 5.01 Å². The summed E-state index contributed by atoms with van der Waals surface area (Å²) in [6.07, 6.45) is 5.40. The SMILES string of the molecule is CCc1nc(CCNC(=NC)N2CCN(c3cnn(C)c3)C(=O)C2)cs1.I. The highest BCUT2D eigenvalue weighted by Crippen LogP contribution is 2.16. The van der Waals surface area contributed by atoms with Gasteiger partial charge in [-0.3, -0.25) is 14.5 Å². The van der Waals surface area contributed by atoms with Gasteiger partial charge < -0.3 is 15.1 Å². The third-order valence-electron chi connectivity index (χ3n) is 4.30. The molecule has 1 aliphatic rings. The summed E-state index contributed by atoms with van der Waals surface area (Å²) in [5.74, 6) is 0.814. The number of nitrogens with zero attached hydrogens (tertiary/aromatic N) is 6. The Labute approximate surface area is 180 Å². The number of aliphatic imine (C=N–C) groups is 1. The molecule has 0 spiro atoms. The Hall–Kier alpha value is -1.69. The van der Waals surface area contributed by atoms with Crippen molar-refractivity contribution in [2.24, 2.45) is 12.0 Å². The number of aromatic nitrogens is 3. The van der Waals surface area contributed by atoms with Gasteiger partial charge in [0.25, 0.3) is 0 Å². The highest BCUT2D eigenvalue weighted by Gasteiger charge is 2.27. The van der Waals surface area contributed by atoms with Gasteiger partial charge in [-0.15, -0.1) is 35.3 Å². The number of hydrogen-bond donors (Lipinski definition) is 1. The van der Waals surface area contributed by atoms with E-state index in [2.05, 4.69) is 32.7 Å². The van der Waals surface area contributed by atoms with E-state index in [0.717, 1.165) is 43.3 Å². The van der Waals surface area contributed by atoms with Gasteiger partial charge in [-0.25, -0.2) is 4.98 Å². The van der Waals surface area contributed by atoms with E-state index < -0.39 is 0 Å². The number of aryl methyl sites for hydroxylation is 2. The zero-order valence-electron chi connectivity index (χ0n) is 15.9. The second kappa shape index (κ2) is 10.0. The predicted octanol–water partition coefficient (Wildman–Crippen LogP) is 1.52. The number of halogens is 1. The molecule has 1 amide bonds. The summed E-state index contributed by atoms with van der Waals surface area (Å²) < 4.78 is 1.71. The third-order valence-corrected chi connectivity index (χ3v) is 5.34. The summed E-state index contributed by atoms with van der Waals surface area (Å²) in [5.41, 5.74) is 1.95. The largest absolute Gasteiger partial charge is 0.356 e. The van der Waals surface area contributed by atoms with Crippen LogP contribution in [0.1, 0.15) is 17.6 Å². The Bertz CT molecular complexity index is 788. The lowest BCUT2D eigenvalue weighted by Gasteiger charge is -2.35. The van der Waals surface area contributed by atoms with Crippen LogP contribution in [0.4, 0.5) is 5.69 Å². The fourth-order valence-corrected chi connectivity index (χ4v) is 3.71. The topological polar surface area (TPSA) is 78.7 Å². The summed E-state index contributed by atoms with van der Waals surface area (Å²) in [4.78, 5) is 25.2. The van der Waals surface area contributed by atoms with E-state index in [1.807, 2.05) is 18.1 Å². The molecule has 0 aliphatic carbocycles. The van der Waals surface area contributed by atoms with Gasteiger partial charge in [-0.2, -0.15) is 5.10 Å². The average molecular weight is 503 g/mol. The number of thiazole rings is 1. The Kier molecular flexibility index (Phi) is 8.02. The number of carbonyl (C=O) groups excluding carboxylic acids is 1. The van der Waals surface area contributed by atoms with E-state index in [4.69, 9.17) is 0 Å². The second-order valence-electron chi connectivity index (χ2n) is 6.15. The van der Waals surface area contributed by atoms with Crippen molar-refractivity contribution in [3.8, 4) is 0 Å². The summed E-state index contributed by atoms with van der Waals surface area (Å²) in [6, 6.07) is 0. The first-order chi connectivity index (χ1) is 12.6. The van der Waals surface area contributed by atoms with Crippen molar-refractivity contribution in [1.29, 1.82) is 0 Å². The molecule has 2 aromatic rings. The molecule has 27 heavy (non-hydrogen) atoms. The van der Waals surface area contributed by atoms with Crippen molar-refractivity contribution in [1.82, 2.24) is 25.0 Å². The number of nitrogens with one attached hydrogen (secondary N) is 1. The van der Waals surface area contributed by atoms with E-state index in [1.54, 1.807) is 34.2 Å². The smallest absolute Gasteiger partial charge is 0.246 e. The molecule has 0 atom stereocenters. The Balaban J connectivity index is 0.00000261. The van der Waals surface area contributed by atoms with E-state index in [0.29, 0.717) is 13.1 Å². The van der Waals surface area contributed by atoms with Crippen molar-refractivity contribution >= 4 is 52.9 Å². The number of hydrogen-bond acceptors (Lipinski definition) is 5. The van der Waals surface area contributed by atoms with Crippen molar-refractivity contribution in [2.45, 2.75) is 19.8 Å². The molecule has 3 rings (SSSR count). The molecular weight excluding hydrogens is 477 g/mol. The van der Waals surface area contributed by atoms with Crippen LogP contribution in [0.25, 0.3) is 0 Å². The molecule has 1 saturated heterocycles. The van der Waals surface area contributed by atoms with Crippen molar-refractivity contribution in [2.75, 3.05) is 38.1 Å². The van der Waals surface area contributed by atoms with Gasteiger partial charge in [-0.05, 0) is 6.42 Å². The molecule has 10 heteroatoms. The van der Waals surface area contributed by atoms with Crippen LogP contribution < -0.4 is 10.2 Å². The zero-order valence-corrected chi connectivity index (χ0v) is 19.0. The first-order valence-electron chi connectivity index (χ1n) is 8.78. The number of anilines is 1. The second-order valence-corrected chi connectivity index (χ2v) is 7.09. The van der Waals surface area contributed by atoms with E-state index >= 15 is 0 Å². The van der Waals surface area contributed by atoms with Gasteiger partial charge in [0.15, 0.2) is 5.96 Å². The van der Waals surface area contributed by atoms with Crippen LogP contribution in [0.2, 0.25) is 0 Å². The van der Waals surface area contributed by atoms with Gasteiger partial charge in [0.1, 0.15) is 6.54 Å². The summed E-state index contributed by atoms with van der Waals surface area (Å²) >= 11 is 1.71. The molecular formula is C17H26IN7OS. The highest BCUT2D eigenvalue weighted by atomic mass is 127. The minimum Gasteiger partial charge on any atom is -0.356 e. The minimum atomic E-state index is 0. The lowest BCUT2D eigenvalue weighted by Crippen LogP contribution is -2.55. The molecule has 0 saturated carbocycles. The van der Waals surface area contributed by atoms with Crippen LogP contribution in [0.3, 0.4) is 0 Å². The van der Waals surface area contributed by atoms with Crippen LogP contribution >= 0.6 is 35.3 Å². The van der Waals surface area contributed by atoms with Gasteiger partial charge in [-0.1, -0.05) is 6.92 Å². The fourth-order valence-electron chi connectivity index (χ4n) is 2.94. The lowest BCUT2D eigenvalue weighted by molar-refractivity contribution is -0.120. The molecule has 0 unspecified atom stereocenters. The maximum absolute atomic E-state index is 12.5. The standard InChI is InChI=1S/C17H25N7OS.HI/c1-4-15-21-13(12-26-15)5-6-19-17(18-2)23-7-8-24(16(25)11-23)14-9-20-22(3)10-14;/h9-10,12H,4-8,11H2,1-3H3,(H,18,19);1H. The summed E-state index contributed by atoms with van der Waals surface area (Å²) in [6.45, 7) is 4.53. The van der Waals surface area contributed by atoms with E-state index in [-0.39, 0.29) is 29.9 Å². The molecule has 1 aliphatic heterocycles. The van der Waals surface area contributed by atoms with Crippen LogP contribution in [-0.2, 0) is 24.7 Å². The Morgan fingerprint density at radius 1 is 1.41 bits per heavy atom. The molecule has 8 nitrogen and oxygen atoms in total. The maximum atomic E-state index is 12.5. The fraction of sp³-hybridized carbons (Fsp3) is 0.529. The number of guanidine groups is 1. The molecule has 0 aromatic carbocycles. The van der Waals surface area contributed by atoms with Gasteiger partial charge in [0.2, 0.25) is 5.91 Å². The summed E-state index contributed by atoms with van der Waals surface area (Å²) in [5, 5.41) is 10.8. The average Bonchev–Trinajstić information content (AvgIpc) is 3.27. The number of rotatable bonds is 5. The van der Waals surface area contributed by atoms with Crippen LogP contribution in [0.15, 0.2) is 22.8 Å². The van der Waals surface area contributed by atoms with Gasteiger partial charge >= 0.3 is 0 Å². The molecule has 2 aromatic heterocycles. The van der Waals surface area contributed by atoms with Crippen molar-refractivity contribution in [3.05, 3.63) is 28.5 Å². The van der Waals surface area contributed by atoms with Crippen LogP contribution in [0.5, 0.6) is 0 Å². The van der Waals surface area contributed by atoms with E-state index in [9.17, 15) is 4.79 Å². The van der Waals surface area contributed by atoms with Crippen LogP contribution in [-0.4, -0.2) is 64.8 Å². The molecule has 148 valence electrons. The monoisotopic (exact) mass is 503 g/mol. The minimum absolute atomic E-state index is 0. The highest BCUT2D eigenvalue weighted by molar-refractivity contribution is 14.0. The third kappa shape index (κ3) is 5.41. The molecule has 1 N–H and O–H groups in total. The van der Waals surface area contributed by atoms with Gasteiger partial charge in [0.05, 0.1) is 22.6 Å². The first-order valence-corrected chi connectivity index (χ1v) is 9.66. The normalized spacial score (nSPS) is 15.1. The Morgan fingerprint density at radius 2 is 2.22 bits per heavy atom. The predicted molar refractivity (Wildman–Crippen MR) is 119 cm³/mol. The summed E-state index contributed by atoms with van der Waals surface area (Å²) in [7, 11) is 3.60. The van der Waals surface area contributed by atoms with Crippen molar-refractivity contribution < 1.29 is 4.79 Å². The zero-order chi connectivity index (χ0) is 18.5. The van der Waals surface area contributed by atoms with Crippen molar-refractivity contribution in [3.63, 3.8) is 0 Å². The number of piperazine rings is 1. The van der Waals surface area contributed by atoms with Gasteiger partial charge in [0, 0.05) is 51.7 Å². The molecule has 0 radical (unpaired) electrons. The lowest BCUT2D eigenvalue weighted by atomic mass is 10.3. The first kappa shape index (κ1) is 21.6. The van der Waals surface area contributed by atoms with Crippen LogP contribution in [0, 0.1) is 0 Å². The molecule has 0 bridgehead atoms. The number of amides is 1. The maximum Gasteiger partial charge on any atom is 0.246 e.